The van der Waals surface area contributed by atoms with Crippen molar-refractivity contribution >= 4 is 29.3 Å². The van der Waals surface area contributed by atoms with Gasteiger partial charge in [-0.3, -0.25) is 9.59 Å². The maximum atomic E-state index is 12.7. The Morgan fingerprint density at radius 3 is 2.58 bits per heavy atom. The molecule has 1 aliphatic rings. The topological polar surface area (TPSA) is 81.0 Å². The predicted octanol–water partition coefficient (Wildman–Crippen LogP) is 4.32. The molecular weight excluding hydrogens is 416 g/mol. The molecule has 1 N–H and O–H groups in total. The number of carbonyl (C=O) groups is 2. The summed E-state index contributed by atoms with van der Waals surface area (Å²) in [4.78, 5) is 26.8. The van der Waals surface area contributed by atoms with E-state index < -0.39 is 0 Å². The van der Waals surface area contributed by atoms with Crippen molar-refractivity contribution in [3.05, 3.63) is 77.7 Å². The molecule has 0 spiro atoms. The van der Waals surface area contributed by atoms with Crippen LogP contribution in [0, 0.1) is 0 Å². The standard InChI is InChI=1S/C23H22N2O5S/c1-28-19-10-9-17(12-20(19)29-2)24-22(27)15-5-7-16(8-6-15)23-25(21(26)14-31-23)13-18-4-3-11-30-18/h3-12,23H,13-14H2,1-2H3,(H,24,27)/t23-/m1/s1. The number of rotatable bonds is 7. The third-order valence-corrected chi connectivity index (χ3v) is 6.23. The first-order valence-corrected chi connectivity index (χ1v) is 10.7. The van der Waals surface area contributed by atoms with Crippen LogP contribution in [-0.4, -0.2) is 36.7 Å². The first-order valence-electron chi connectivity index (χ1n) is 9.66. The van der Waals surface area contributed by atoms with Gasteiger partial charge in [-0.15, -0.1) is 11.8 Å². The lowest BCUT2D eigenvalue weighted by molar-refractivity contribution is -0.128. The van der Waals surface area contributed by atoms with Crippen LogP contribution < -0.4 is 14.8 Å². The maximum Gasteiger partial charge on any atom is 0.255 e. The molecular formula is C23H22N2O5S. The van der Waals surface area contributed by atoms with Crippen molar-refractivity contribution in [2.75, 3.05) is 25.3 Å². The van der Waals surface area contributed by atoms with Crippen molar-refractivity contribution in [1.82, 2.24) is 4.90 Å². The molecule has 0 aliphatic carbocycles. The number of hydrogen-bond donors (Lipinski definition) is 1. The van der Waals surface area contributed by atoms with Crippen molar-refractivity contribution < 1.29 is 23.5 Å². The smallest absolute Gasteiger partial charge is 0.255 e. The highest BCUT2D eigenvalue weighted by atomic mass is 32.2. The Hall–Kier alpha value is -3.39. The van der Waals surface area contributed by atoms with Gasteiger partial charge in [0.25, 0.3) is 5.91 Å². The van der Waals surface area contributed by atoms with Crippen LogP contribution in [0.4, 0.5) is 5.69 Å². The number of ether oxygens (including phenoxy) is 2. The van der Waals surface area contributed by atoms with E-state index >= 15 is 0 Å². The molecule has 160 valence electrons. The second-order valence-corrected chi connectivity index (χ2v) is 7.98. The van der Waals surface area contributed by atoms with Crippen LogP contribution in [0.3, 0.4) is 0 Å². The van der Waals surface area contributed by atoms with Crippen LogP contribution in [-0.2, 0) is 11.3 Å². The summed E-state index contributed by atoms with van der Waals surface area (Å²) < 4.78 is 15.9. The van der Waals surface area contributed by atoms with Gasteiger partial charge >= 0.3 is 0 Å². The fourth-order valence-electron chi connectivity index (χ4n) is 3.39. The molecule has 7 nitrogen and oxygen atoms in total. The van der Waals surface area contributed by atoms with Gasteiger partial charge in [0.2, 0.25) is 5.91 Å². The van der Waals surface area contributed by atoms with Crippen LogP contribution in [0.5, 0.6) is 11.5 Å². The largest absolute Gasteiger partial charge is 0.493 e. The number of methoxy groups -OCH3 is 2. The molecule has 0 unspecified atom stereocenters. The summed E-state index contributed by atoms with van der Waals surface area (Å²) in [5.74, 6) is 2.13. The summed E-state index contributed by atoms with van der Waals surface area (Å²) >= 11 is 1.57. The summed E-state index contributed by atoms with van der Waals surface area (Å²) in [5.41, 5.74) is 2.09. The van der Waals surface area contributed by atoms with Gasteiger partial charge in [-0.25, -0.2) is 0 Å². The molecule has 4 rings (SSSR count). The zero-order valence-corrected chi connectivity index (χ0v) is 18.0. The van der Waals surface area contributed by atoms with E-state index in [-0.39, 0.29) is 17.2 Å². The van der Waals surface area contributed by atoms with E-state index in [0.717, 1.165) is 11.3 Å². The average molecular weight is 439 g/mol. The Balaban J connectivity index is 1.46. The zero-order valence-electron chi connectivity index (χ0n) is 17.2. The van der Waals surface area contributed by atoms with Gasteiger partial charge in [-0.05, 0) is 42.0 Å². The molecule has 8 heteroatoms. The number of amides is 2. The van der Waals surface area contributed by atoms with Gasteiger partial charge in [-0.2, -0.15) is 0 Å². The molecule has 1 saturated heterocycles. The van der Waals surface area contributed by atoms with Gasteiger partial charge in [-0.1, -0.05) is 12.1 Å². The molecule has 0 saturated carbocycles. The molecule has 1 aliphatic heterocycles. The number of nitrogens with one attached hydrogen (secondary N) is 1. The van der Waals surface area contributed by atoms with E-state index in [2.05, 4.69) is 5.32 Å². The molecule has 3 aromatic rings. The minimum absolute atomic E-state index is 0.0710. The predicted molar refractivity (Wildman–Crippen MR) is 118 cm³/mol. The molecule has 1 atom stereocenters. The summed E-state index contributed by atoms with van der Waals surface area (Å²) in [5, 5.41) is 2.75. The summed E-state index contributed by atoms with van der Waals surface area (Å²) in [7, 11) is 3.10. The SMILES string of the molecule is COc1ccc(NC(=O)c2ccc([C@H]3SCC(=O)N3Cc3ccco3)cc2)cc1OC. The lowest BCUT2D eigenvalue weighted by Crippen LogP contribution is -2.27. The fourth-order valence-corrected chi connectivity index (χ4v) is 4.58. The minimum atomic E-state index is -0.235. The number of furan rings is 1. The van der Waals surface area contributed by atoms with Crippen molar-refractivity contribution in [3.8, 4) is 11.5 Å². The van der Waals surface area contributed by atoms with Crippen molar-refractivity contribution in [2.24, 2.45) is 0 Å². The van der Waals surface area contributed by atoms with E-state index in [9.17, 15) is 9.59 Å². The van der Waals surface area contributed by atoms with Gasteiger partial charge in [0, 0.05) is 17.3 Å². The maximum absolute atomic E-state index is 12.7. The summed E-state index contributed by atoms with van der Waals surface area (Å²) in [6.07, 6.45) is 1.60. The van der Waals surface area contributed by atoms with Gasteiger partial charge in [0.15, 0.2) is 11.5 Å². The first kappa shape index (κ1) is 20.9. The Bertz CT molecular complexity index is 1070. The number of anilines is 1. The van der Waals surface area contributed by atoms with E-state index in [4.69, 9.17) is 13.9 Å². The Kier molecular flexibility index (Phi) is 6.18. The highest BCUT2D eigenvalue weighted by molar-refractivity contribution is 8.00. The van der Waals surface area contributed by atoms with Crippen LogP contribution in [0.1, 0.15) is 27.1 Å². The quantitative estimate of drug-likeness (QED) is 0.592. The van der Waals surface area contributed by atoms with Crippen LogP contribution in [0.25, 0.3) is 0 Å². The van der Waals surface area contributed by atoms with Crippen molar-refractivity contribution in [2.45, 2.75) is 11.9 Å². The number of nitrogens with zero attached hydrogens (tertiary/aromatic N) is 1. The van der Waals surface area contributed by atoms with Crippen molar-refractivity contribution in [1.29, 1.82) is 0 Å². The highest BCUT2D eigenvalue weighted by Gasteiger charge is 2.33. The third kappa shape index (κ3) is 4.54. The van der Waals surface area contributed by atoms with Gasteiger partial charge < -0.3 is 24.1 Å². The Morgan fingerprint density at radius 2 is 1.90 bits per heavy atom. The van der Waals surface area contributed by atoms with E-state index in [0.29, 0.717) is 35.0 Å². The van der Waals surface area contributed by atoms with Gasteiger partial charge in [0.05, 0.1) is 32.8 Å². The summed E-state index contributed by atoms with van der Waals surface area (Å²) in [6.45, 7) is 0.422. The van der Waals surface area contributed by atoms with E-state index in [1.807, 2.05) is 24.3 Å². The number of hydrogen-bond acceptors (Lipinski definition) is 6. The van der Waals surface area contributed by atoms with Crippen LogP contribution >= 0.6 is 11.8 Å². The zero-order chi connectivity index (χ0) is 21.8. The van der Waals surface area contributed by atoms with Gasteiger partial charge in [0.1, 0.15) is 11.1 Å². The van der Waals surface area contributed by atoms with Crippen LogP contribution in [0.2, 0.25) is 0 Å². The number of benzene rings is 2. The number of thioether (sulfide) groups is 1. The molecule has 2 amide bonds. The minimum Gasteiger partial charge on any atom is -0.493 e. The molecule has 0 bridgehead atoms. The first-order chi connectivity index (χ1) is 15.1. The average Bonchev–Trinajstić information content (AvgIpc) is 3.44. The highest BCUT2D eigenvalue weighted by Crippen LogP contribution is 2.39. The third-order valence-electron chi connectivity index (χ3n) is 4.97. The second kappa shape index (κ2) is 9.18. The van der Waals surface area contributed by atoms with Crippen molar-refractivity contribution in [3.63, 3.8) is 0 Å². The van der Waals surface area contributed by atoms with E-state index in [1.165, 1.54) is 0 Å². The fraction of sp³-hybridized carbons (Fsp3) is 0.217. The Morgan fingerprint density at radius 1 is 1.13 bits per heavy atom. The normalized spacial score (nSPS) is 15.7. The molecule has 31 heavy (non-hydrogen) atoms. The number of carbonyl (C=O) groups excluding carboxylic acids is 2. The summed E-state index contributed by atoms with van der Waals surface area (Å²) in [6, 6.07) is 16.2. The molecule has 1 fully saturated rings. The lowest BCUT2D eigenvalue weighted by atomic mass is 10.1. The monoisotopic (exact) mass is 438 g/mol. The second-order valence-electron chi connectivity index (χ2n) is 6.91. The Labute approximate surface area is 184 Å². The molecule has 0 radical (unpaired) electrons. The lowest BCUT2D eigenvalue weighted by Gasteiger charge is -2.23. The molecule has 2 aromatic carbocycles. The molecule has 1 aromatic heterocycles. The van der Waals surface area contributed by atoms with E-state index in [1.54, 1.807) is 67.5 Å². The van der Waals surface area contributed by atoms with Crippen LogP contribution in [0.15, 0.2) is 65.3 Å². The molecule has 2 heterocycles.